The highest BCUT2D eigenvalue weighted by Gasteiger charge is 2.19. The number of hydrogen-bond donors (Lipinski definition) is 1. The van der Waals surface area contributed by atoms with Crippen LogP contribution in [0.3, 0.4) is 0 Å². The van der Waals surface area contributed by atoms with Gasteiger partial charge in [-0.1, -0.05) is 41.4 Å². The van der Waals surface area contributed by atoms with Gasteiger partial charge in [-0.25, -0.2) is 9.97 Å². The number of likely N-dealkylation sites (N-methyl/N-ethyl adjacent to an activating group) is 1. The Bertz CT molecular complexity index is 1670. The molecule has 3 amide bonds. The Kier molecular flexibility index (Phi) is 9.77. The number of rotatable bonds is 9. The van der Waals surface area contributed by atoms with E-state index in [9.17, 15) is 14.4 Å². The minimum Gasteiger partial charge on any atom is -0.487 e. The number of carbonyl (C=O) groups excluding carboxylic acids is 3. The summed E-state index contributed by atoms with van der Waals surface area (Å²) in [5, 5.41) is 4.17. The first-order valence-corrected chi connectivity index (χ1v) is 13.7. The molecule has 0 spiro atoms. The number of carbonyl (C=O) groups is 3. The number of para-hydroxylation sites is 1. The van der Waals surface area contributed by atoms with Gasteiger partial charge in [0.2, 0.25) is 17.7 Å². The number of amides is 3. The molecule has 0 saturated heterocycles. The average Bonchev–Trinajstić information content (AvgIpc) is 2.98. The van der Waals surface area contributed by atoms with Crippen LogP contribution in [0.25, 0.3) is 17.0 Å². The molecule has 0 fully saturated rings. The molecule has 4 aromatic rings. The van der Waals surface area contributed by atoms with Crippen molar-refractivity contribution in [3.8, 4) is 5.75 Å². The van der Waals surface area contributed by atoms with Gasteiger partial charge in [0.25, 0.3) is 0 Å². The second-order valence-electron chi connectivity index (χ2n) is 9.46. The summed E-state index contributed by atoms with van der Waals surface area (Å²) in [5.41, 5.74) is 3.19. The van der Waals surface area contributed by atoms with Crippen LogP contribution in [0.15, 0.2) is 66.9 Å². The molecule has 0 unspecified atom stereocenters. The van der Waals surface area contributed by atoms with Crippen LogP contribution in [0, 0.1) is 6.92 Å². The van der Waals surface area contributed by atoms with E-state index in [2.05, 4.69) is 15.3 Å². The lowest BCUT2D eigenvalue weighted by Crippen LogP contribution is -2.37. The van der Waals surface area contributed by atoms with Gasteiger partial charge in [0.05, 0.1) is 17.3 Å². The summed E-state index contributed by atoms with van der Waals surface area (Å²) in [7, 11) is 3.19. The lowest BCUT2D eigenvalue weighted by molar-refractivity contribution is -0.122. The average molecular weight is 607 g/mol. The zero-order valence-electron chi connectivity index (χ0n) is 23.5. The zero-order chi connectivity index (χ0) is 30.4. The van der Waals surface area contributed by atoms with Crippen LogP contribution in [0.5, 0.6) is 5.75 Å². The summed E-state index contributed by atoms with van der Waals surface area (Å²) in [6.45, 7) is 3.15. The predicted octanol–water partition coefficient (Wildman–Crippen LogP) is 5.60. The number of benzene rings is 2. The molecule has 11 heteroatoms. The van der Waals surface area contributed by atoms with Crippen molar-refractivity contribution in [1.82, 2.24) is 15.3 Å². The van der Waals surface area contributed by atoms with Crippen molar-refractivity contribution in [1.29, 1.82) is 0 Å². The van der Waals surface area contributed by atoms with Crippen molar-refractivity contribution in [3.63, 3.8) is 0 Å². The van der Waals surface area contributed by atoms with E-state index in [1.807, 2.05) is 37.3 Å². The molecular weight excluding hydrogens is 577 g/mol. The van der Waals surface area contributed by atoms with Crippen LogP contribution < -0.4 is 19.9 Å². The fourth-order valence-electron chi connectivity index (χ4n) is 3.96. The predicted molar refractivity (Wildman–Crippen MR) is 166 cm³/mol. The first-order valence-electron chi connectivity index (χ1n) is 12.9. The molecule has 2 aromatic heterocycles. The van der Waals surface area contributed by atoms with Gasteiger partial charge in [0.1, 0.15) is 23.7 Å². The smallest absolute Gasteiger partial charge is 0.246 e. The molecule has 2 heterocycles. The quantitative estimate of drug-likeness (QED) is 0.249. The maximum absolute atomic E-state index is 12.9. The Morgan fingerprint density at radius 2 is 1.79 bits per heavy atom. The van der Waals surface area contributed by atoms with Gasteiger partial charge in [-0.15, -0.1) is 0 Å². The van der Waals surface area contributed by atoms with E-state index in [0.29, 0.717) is 33.4 Å². The summed E-state index contributed by atoms with van der Waals surface area (Å²) in [6.07, 6.45) is 4.40. The normalized spacial score (nSPS) is 11.0. The number of hydrogen-bond acceptors (Lipinski definition) is 6. The zero-order valence-corrected chi connectivity index (χ0v) is 25.0. The monoisotopic (exact) mass is 605 g/mol. The summed E-state index contributed by atoms with van der Waals surface area (Å²) in [4.78, 5) is 48.2. The molecular formula is C31H29Cl2N5O4. The fraction of sp³-hybridized carbons (Fsp3) is 0.194. The number of nitrogens with one attached hydrogen (secondary N) is 1. The van der Waals surface area contributed by atoms with E-state index in [1.165, 1.54) is 22.8 Å². The molecule has 0 aliphatic rings. The third kappa shape index (κ3) is 7.23. The number of nitrogens with zero attached hydrogens (tertiary/aromatic N) is 4. The van der Waals surface area contributed by atoms with Gasteiger partial charge in [0, 0.05) is 55.0 Å². The number of aromatic nitrogens is 2. The molecule has 0 bridgehead atoms. The lowest BCUT2D eigenvalue weighted by Gasteiger charge is -2.21. The van der Waals surface area contributed by atoms with Crippen LogP contribution in [0.1, 0.15) is 23.7 Å². The highest BCUT2D eigenvalue weighted by molar-refractivity contribution is 6.38. The molecule has 1 N–H and O–H groups in total. The third-order valence-electron chi connectivity index (χ3n) is 6.52. The minimum absolute atomic E-state index is 0.0602. The van der Waals surface area contributed by atoms with E-state index >= 15 is 0 Å². The lowest BCUT2D eigenvalue weighted by atomic mass is 10.1. The SMILES string of the molecule is CC(=O)N(C)c1ccc(C=CC(=O)NCC(=O)N(C)c2ccc(Cl)c(COc3cccc4ccc(C)nc34)c2Cl)cn1. The molecule has 0 saturated carbocycles. The minimum atomic E-state index is -0.461. The largest absolute Gasteiger partial charge is 0.487 e. The second kappa shape index (κ2) is 13.5. The van der Waals surface area contributed by atoms with E-state index < -0.39 is 5.91 Å². The molecule has 42 heavy (non-hydrogen) atoms. The maximum atomic E-state index is 12.9. The summed E-state index contributed by atoms with van der Waals surface area (Å²) < 4.78 is 6.07. The molecule has 4 rings (SSSR count). The molecule has 0 radical (unpaired) electrons. The highest BCUT2D eigenvalue weighted by atomic mass is 35.5. The van der Waals surface area contributed by atoms with Gasteiger partial charge < -0.3 is 19.9 Å². The van der Waals surface area contributed by atoms with Crippen molar-refractivity contribution >= 4 is 69.4 Å². The second-order valence-corrected chi connectivity index (χ2v) is 10.2. The van der Waals surface area contributed by atoms with Gasteiger partial charge in [-0.05, 0) is 55.0 Å². The molecule has 0 aliphatic carbocycles. The molecule has 216 valence electrons. The van der Waals surface area contributed by atoms with Crippen molar-refractivity contribution in [3.05, 3.63) is 93.7 Å². The topological polar surface area (TPSA) is 105 Å². The number of anilines is 2. The Morgan fingerprint density at radius 3 is 2.50 bits per heavy atom. The van der Waals surface area contributed by atoms with Gasteiger partial charge in [-0.3, -0.25) is 14.4 Å². The molecule has 9 nitrogen and oxygen atoms in total. The van der Waals surface area contributed by atoms with Gasteiger partial charge >= 0.3 is 0 Å². The maximum Gasteiger partial charge on any atom is 0.246 e. The van der Waals surface area contributed by atoms with Crippen molar-refractivity contribution in [2.24, 2.45) is 0 Å². The van der Waals surface area contributed by atoms with Crippen LogP contribution in [-0.4, -0.2) is 48.3 Å². The first kappa shape index (κ1) is 30.5. The van der Waals surface area contributed by atoms with Crippen LogP contribution in [-0.2, 0) is 21.0 Å². The number of aryl methyl sites for hydroxylation is 1. The Balaban J connectivity index is 1.38. The molecule has 2 aromatic carbocycles. The Morgan fingerprint density at radius 1 is 1.00 bits per heavy atom. The molecule has 0 aliphatic heterocycles. The summed E-state index contributed by atoms with van der Waals surface area (Å²) in [6, 6.07) is 16.3. The van der Waals surface area contributed by atoms with Crippen LogP contribution in [0.2, 0.25) is 10.0 Å². The number of ether oxygens (including phenoxy) is 1. The third-order valence-corrected chi connectivity index (χ3v) is 7.30. The van der Waals surface area contributed by atoms with Crippen molar-refractivity contribution in [2.75, 3.05) is 30.4 Å². The van der Waals surface area contributed by atoms with Crippen molar-refractivity contribution in [2.45, 2.75) is 20.5 Å². The Labute approximate surface area is 253 Å². The first-order chi connectivity index (χ1) is 20.0. The highest BCUT2D eigenvalue weighted by Crippen LogP contribution is 2.35. The van der Waals surface area contributed by atoms with E-state index in [1.54, 1.807) is 50.6 Å². The molecule has 0 atom stereocenters. The van der Waals surface area contributed by atoms with Crippen LogP contribution >= 0.6 is 23.2 Å². The number of fused-ring (bicyclic) bond motifs is 1. The standard InChI is InChI=1S/C31H29Cl2N5O4/c1-19-8-11-22-6-5-7-26(31(22)36-19)42-18-23-24(32)12-13-25(30(23)33)38(4)29(41)17-35-28(40)15-10-21-9-14-27(34-16-21)37(3)20(2)39/h5-16H,17-18H2,1-4H3,(H,35,40). The summed E-state index contributed by atoms with van der Waals surface area (Å²) in [5.74, 6) is 0.0903. The van der Waals surface area contributed by atoms with E-state index in [4.69, 9.17) is 27.9 Å². The van der Waals surface area contributed by atoms with E-state index in [-0.39, 0.29) is 30.0 Å². The van der Waals surface area contributed by atoms with Crippen molar-refractivity contribution < 1.29 is 19.1 Å². The van der Waals surface area contributed by atoms with E-state index in [0.717, 1.165) is 16.6 Å². The fourth-order valence-corrected chi connectivity index (χ4v) is 4.57. The number of halogens is 2. The number of pyridine rings is 2. The Hall–Kier alpha value is -4.47. The summed E-state index contributed by atoms with van der Waals surface area (Å²) >= 11 is 13.1. The van der Waals surface area contributed by atoms with Crippen LogP contribution in [0.4, 0.5) is 11.5 Å². The van der Waals surface area contributed by atoms with Gasteiger partial charge in [-0.2, -0.15) is 0 Å². The van der Waals surface area contributed by atoms with Gasteiger partial charge in [0.15, 0.2) is 0 Å².